The molecule has 5 N–H and O–H groups in total. The Balaban J connectivity index is 1.56. The second kappa shape index (κ2) is 8.93. The van der Waals surface area contributed by atoms with Crippen molar-refractivity contribution < 1.29 is 49.3 Å². The summed E-state index contributed by atoms with van der Waals surface area (Å²) in [6.45, 7) is -0.578. The predicted molar refractivity (Wildman–Crippen MR) is 107 cm³/mol. The number of carbonyl (C=O) groups is 1. The molecule has 2 aromatic carbocycles. The summed E-state index contributed by atoms with van der Waals surface area (Å²) in [4.78, 5) is 12.4. The maximum Gasteiger partial charge on any atom is 0.342 e. The Kier molecular flexibility index (Phi) is 6.22. The molecule has 2 heterocycles. The fourth-order valence-corrected chi connectivity index (χ4v) is 3.88. The lowest BCUT2D eigenvalue weighted by atomic mass is 9.94. The summed E-state index contributed by atoms with van der Waals surface area (Å²) >= 11 is 0. The molecule has 2 aromatic rings. The van der Waals surface area contributed by atoms with Gasteiger partial charge in [0, 0.05) is 6.42 Å². The van der Waals surface area contributed by atoms with Crippen LogP contribution in [-0.4, -0.2) is 75.9 Å². The third kappa shape index (κ3) is 3.98. The normalized spacial score (nSPS) is 29.7. The lowest BCUT2D eigenvalue weighted by molar-refractivity contribution is -0.277. The molecule has 1 saturated heterocycles. The molecule has 0 saturated carbocycles. The van der Waals surface area contributed by atoms with Crippen LogP contribution in [0, 0.1) is 0 Å². The number of cyclic esters (lactones) is 1. The van der Waals surface area contributed by atoms with Gasteiger partial charge in [0.25, 0.3) is 0 Å². The van der Waals surface area contributed by atoms with Crippen molar-refractivity contribution in [1.82, 2.24) is 0 Å². The van der Waals surface area contributed by atoms with Gasteiger partial charge in [-0.1, -0.05) is 18.2 Å². The molecule has 0 spiro atoms. The number of carbonyl (C=O) groups excluding carboxylic acids is 1. The Hall–Kier alpha value is -2.89. The lowest BCUT2D eigenvalue weighted by Gasteiger charge is -2.39. The first-order valence-electron chi connectivity index (χ1n) is 10.0. The number of phenolic OH excluding ortho intramolecular Hbond substituents is 1. The average Bonchev–Trinajstić information content (AvgIpc) is 2.79. The Morgan fingerprint density at radius 3 is 2.56 bits per heavy atom. The van der Waals surface area contributed by atoms with Crippen molar-refractivity contribution in [2.24, 2.45) is 0 Å². The zero-order chi connectivity index (χ0) is 23.0. The van der Waals surface area contributed by atoms with Crippen molar-refractivity contribution in [3.63, 3.8) is 0 Å². The number of aromatic hydroxyl groups is 1. The standard InChI is InChI=1S/C22H24O10/c1-29-15-7-10(14-8-11-3-2-4-12(24)17(11)21(28)30-14)5-6-13(15)31-22-20(27)19(26)18(25)16(9-23)32-22/h2-7,14,16,18-20,22-27H,8-9H2,1H3/t14-,16+,18+,19-,20+,22+/m0/s1. The molecule has 172 valence electrons. The quantitative estimate of drug-likeness (QED) is 0.396. The summed E-state index contributed by atoms with van der Waals surface area (Å²) in [5.41, 5.74) is 1.43. The number of ether oxygens (including phenoxy) is 4. The van der Waals surface area contributed by atoms with Crippen molar-refractivity contribution in [1.29, 1.82) is 0 Å². The molecular formula is C22H24O10. The molecule has 10 nitrogen and oxygen atoms in total. The third-order valence-corrected chi connectivity index (χ3v) is 5.64. The van der Waals surface area contributed by atoms with Gasteiger partial charge in [0.15, 0.2) is 11.5 Å². The van der Waals surface area contributed by atoms with Gasteiger partial charge >= 0.3 is 5.97 Å². The number of aliphatic hydroxyl groups is 4. The van der Waals surface area contributed by atoms with E-state index in [1.54, 1.807) is 24.3 Å². The van der Waals surface area contributed by atoms with Crippen molar-refractivity contribution in [3.8, 4) is 17.2 Å². The molecule has 32 heavy (non-hydrogen) atoms. The number of phenols is 1. The molecule has 4 rings (SSSR count). The molecule has 1 fully saturated rings. The molecule has 0 aliphatic carbocycles. The molecule has 0 radical (unpaired) electrons. The number of benzene rings is 2. The van der Waals surface area contributed by atoms with E-state index in [-0.39, 0.29) is 22.8 Å². The summed E-state index contributed by atoms with van der Waals surface area (Å²) in [5.74, 6) is -0.347. The number of aliphatic hydroxyl groups excluding tert-OH is 4. The van der Waals surface area contributed by atoms with Crippen LogP contribution in [0.5, 0.6) is 17.2 Å². The second-order valence-corrected chi connectivity index (χ2v) is 7.63. The number of rotatable bonds is 5. The highest BCUT2D eigenvalue weighted by molar-refractivity contribution is 5.95. The first kappa shape index (κ1) is 22.3. The first-order chi connectivity index (χ1) is 15.3. The van der Waals surface area contributed by atoms with E-state index in [4.69, 9.17) is 18.9 Å². The minimum Gasteiger partial charge on any atom is -0.507 e. The third-order valence-electron chi connectivity index (χ3n) is 5.64. The van der Waals surface area contributed by atoms with E-state index in [0.29, 0.717) is 17.5 Å². The summed E-state index contributed by atoms with van der Waals surface area (Å²) in [7, 11) is 1.40. The number of hydrogen-bond acceptors (Lipinski definition) is 10. The average molecular weight is 448 g/mol. The molecule has 0 aromatic heterocycles. The Morgan fingerprint density at radius 2 is 1.84 bits per heavy atom. The van der Waals surface area contributed by atoms with Crippen molar-refractivity contribution in [2.75, 3.05) is 13.7 Å². The van der Waals surface area contributed by atoms with Gasteiger partial charge in [0.2, 0.25) is 6.29 Å². The van der Waals surface area contributed by atoms with Crippen molar-refractivity contribution in [3.05, 3.63) is 53.1 Å². The van der Waals surface area contributed by atoms with E-state index < -0.39 is 49.4 Å². The van der Waals surface area contributed by atoms with E-state index in [0.717, 1.165) is 0 Å². The Bertz CT molecular complexity index is 991. The van der Waals surface area contributed by atoms with Gasteiger partial charge in [-0.05, 0) is 29.3 Å². The van der Waals surface area contributed by atoms with Crippen LogP contribution in [0.15, 0.2) is 36.4 Å². The zero-order valence-electron chi connectivity index (χ0n) is 17.1. The maximum atomic E-state index is 12.4. The van der Waals surface area contributed by atoms with Crippen LogP contribution in [0.25, 0.3) is 0 Å². The summed E-state index contributed by atoms with van der Waals surface area (Å²) in [6.07, 6.45) is -7.38. The van der Waals surface area contributed by atoms with Crippen LogP contribution in [0.2, 0.25) is 0 Å². The molecule has 10 heteroatoms. The molecule has 2 aliphatic heterocycles. The van der Waals surface area contributed by atoms with Gasteiger partial charge in [-0.25, -0.2) is 4.79 Å². The molecule has 0 bridgehead atoms. The van der Waals surface area contributed by atoms with Crippen molar-refractivity contribution in [2.45, 2.75) is 43.2 Å². The largest absolute Gasteiger partial charge is 0.507 e. The highest BCUT2D eigenvalue weighted by atomic mass is 16.7. The monoisotopic (exact) mass is 448 g/mol. The highest BCUT2D eigenvalue weighted by Gasteiger charge is 2.45. The topological polar surface area (TPSA) is 155 Å². The fourth-order valence-electron chi connectivity index (χ4n) is 3.88. The van der Waals surface area contributed by atoms with Crippen molar-refractivity contribution >= 4 is 5.97 Å². The van der Waals surface area contributed by atoms with Gasteiger partial charge in [0.1, 0.15) is 41.8 Å². The van der Waals surface area contributed by atoms with E-state index in [1.165, 1.54) is 19.2 Å². The van der Waals surface area contributed by atoms with Gasteiger partial charge in [-0.15, -0.1) is 0 Å². The van der Waals surface area contributed by atoms with E-state index in [2.05, 4.69) is 0 Å². The zero-order valence-corrected chi connectivity index (χ0v) is 17.1. The SMILES string of the molecule is COc1cc([C@@H]2Cc3cccc(O)c3C(=O)O2)ccc1O[C@@H]1O[C@H](CO)[C@@H](O)[C@H](O)[C@H]1O. The van der Waals surface area contributed by atoms with E-state index >= 15 is 0 Å². The lowest BCUT2D eigenvalue weighted by Crippen LogP contribution is -2.60. The Morgan fingerprint density at radius 1 is 1.06 bits per heavy atom. The summed E-state index contributed by atoms with van der Waals surface area (Å²) in [6, 6.07) is 9.60. The van der Waals surface area contributed by atoms with Gasteiger partial charge in [-0.3, -0.25) is 0 Å². The minimum atomic E-state index is -1.57. The molecule has 0 amide bonds. The molecular weight excluding hydrogens is 424 g/mol. The second-order valence-electron chi connectivity index (χ2n) is 7.63. The fraction of sp³-hybridized carbons (Fsp3) is 0.409. The summed E-state index contributed by atoms with van der Waals surface area (Å²) in [5, 5.41) is 49.3. The van der Waals surface area contributed by atoms with Gasteiger partial charge in [0.05, 0.1) is 13.7 Å². The van der Waals surface area contributed by atoms with Crippen LogP contribution in [-0.2, 0) is 15.9 Å². The van der Waals surface area contributed by atoms with Gasteiger partial charge < -0.3 is 44.5 Å². The number of esters is 1. The minimum absolute atomic E-state index is 0.133. The van der Waals surface area contributed by atoms with E-state index in [1.807, 2.05) is 0 Å². The van der Waals surface area contributed by atoms with Crippen LogP contribution in [0.3, 0.4) is 0 Å². The van der Waals surface area contributed by atoms with Crippen LogP contribution >= 0.6 is 0 Å². The molecule has 2 aliphatic rings. The number of hydrogen-bond donors (Lipinski definition) is 5. The summed E-state index contributed by atoms with van der Waals surface area (Å²) < 4.78 is 21.9. The Labute approximate surface area is 183 Å². The maximum absolute atomic E-state index is 12.4. The molecule has 0 unspecified atom stereocenters. The smallest absolute Gasteiger partial charge is 0.342 e. The van der Waals surface area contributed by atoms with Gasteiger partial charge in [-0.2, -0.15) is 0 Å². The van der Waals surface area contributed by atoms with E-state index in [9.17, 15) is 30.3 Å². The van der Waals surface area contributed by atoms with Crippen LogP contribution < -0.4 is 9.47 Å². The predicted octanol–water partition coefficient (Wildman–Crippen LogP) is 0.0337. The van der Waals surface area contributed by atoms with Crippen LogP contribution in [0.1, 0.15) is 27.6 Å². The van der Waals surface area contributed by atoms with Crippen LogP contribution in [0.4, 0.5) is 0 Å². The molecule has 6 atom stereocenters. The highest BCUT2D eigenvalue weighted by Crippen LogP contribution is 2.38. The number of methoxy groups -OCH3 is 1. The first-order valence-corrected chi connectivity index (χ1v) is 10.0. The number of fused-ring (bicyclic) bond motifs is 1.